The molecule has 114 valence electrons. The molecule has 0 spiro atoms. The number of methoxy groups -OCH3 is 2. The first-order valence-corrected chi connectivity index (χ1v) is 6.62. The lowest BCUT2D eigenvalue weighted by Crippen LogP contribution is -2.33. The second kappa shape index (κ2) is 5.63. The highest BCUT2D eigenvalue weighted by molar-refractivity contribution is 5.72. The number of halogens is 1. The second-order valence-electron chi connectivity index (χ2n) is 4.95. The predicted octanol–water partition coefficient (Wildman–Crippen LogP) is 1.03. The van der Waals surface area contributed by atoms with Gasteiger partial charge in [-0.15, -0.1) is 0 Å². The van der Waals surface area contributed by atoms with Crippen molar-refractivity contribution in [1.29, 1.82) is 0 Å². The van der Waals surface area contributed by atoms with Crippen molar-refractivity contribution >= 4 is 11.2 Å². The molecule has 3 heterocycles. The van der Waals surface area contributed by atoms with E-state index in [1.54, 1.807) is 11.7 Å². The Hall–Kier alpha value is -1.64. The van der Waals surface area contributed by atoms with E-state index in [1.807, 2.05) is 6.92 Å². The van der Waals surface area contributed by atoms with Crippen LogP contribution in [0.15, 0.2) is 12.7 Å². The van der Waals surface area contributed by atoms with Crippen molar-refractivity contribution in [3.8, 4) is 0 Å². The van der Waals surface area contributed by atoms with Crippen LogP contribution in [-0.4, -0.2) is 58.7 Å². The maximum absolute atomic E-state index is 14.6. The zero-order valence-corrected chi connectivity index (χ0v) is 12.1. The number of rotatable bonds is 4. The van der Waals surface area contributed by atoms with Crippen molar-refractivity contribution in [1.82, 2.24) is 19.5 Å². The number of ether oxygens (including phenoxy) is 3. The largest absolute Gasteiger partial charge is 0.382 e. The van der Waals surface area contributed by atoms with Crippen LogP contribution >= 0.6 is 0 Å². The molecule has 1 aliphatic heterocycles. The lowest BCUT2D eigenvalue weighted by atomic mass is 10.1. The summed E-state index contributed by atoms with van der Waals surface area (Å²) < 4.78 is 32.2. The normalized spacial score (nSPS) is 29.3. The number of aromatic nitrogens is 4. The molecule has 7 nitrogen and oxygen atoms in total. The molecule has 0 bridgehead atoms. The van der Waals surface area contributed by atoms with Crippen LogP contribution in [0.1, 0.15) is 11.9 Å². The van der Waals surface area contributed by atoms with E-state index in [0.29, 0.717) is 11.2 Å². The molecular weight excluding hydrogens is 279 g/mol. The van der Waals surface area contributed by atoms with E-state index >= 15 is 0 Å². The zero-order chi connectivity index (χ0) is 15.0. The third-order valence-electron chi connectivity index (χ3n) is 3.69. The highest BCUT2D eigenvalue weighted by atomic mass is 19.1. The summed E-state index contributed by atoms with van der Waals surface area (Å²) in [5.41, 5.74) is 1.92. The van der Waals surface area contributed by atoms with Crippen LogP contribution in [0.5, 0.6) is 0 Å². The molecule has 2 aromatic rings. The minimum atomic E-state index is -1.33. The molecule has 21 heavy (non-hydrogen) atoms. The van der Waals surface area contributed by atoms with Crippen LogP contribution in [0.25, 0.3) is 11.2 Å². The quantitative estimate of drug-likeness (QED) is 0.839. The van der Waals surface area contributed by atoms with Crippen LogP contribution < -0.4 is 0 Å². The van der Waals surface area contributed by atoms with Crippen LogP contribution in [0.3, 0.4) is 0 Å². The highest BCUT2D eigenvalue weighted by Crippen LogP contribution is 2.35. The lowest BCUT2D eigenvalue weighted by molar-refractivity contribution is -0.0602. The number of nitrogens with zero attached hydrogens (tertiary/aromatic N) is 4. The van der Waals surface area contributed by atoms with E-state index < -0.39 is 24.6 Å². The standard InChI is InChI=1S/C13H17FN4O3/c1-7-10-12(16-5-15-7)18(6-17-10)13-9(14)11(20-3)8(21-13)4-19-2/h5-6,8-9,11,13H,4H2,1-3H3/t8-,9-,11-,13-/m1/s1. The average Bonchev–Trinajstić information content (AvgIpc) is 3.02. The van der Waals surface area contributed by atoms with Crippen LogP contribution in [0, 0.1) is 6.92 Å². The lowest BCUT2D eigenvalue weighted by Gasteiger charge is -2.16. The first-order valence-electron chi connectivity index (χ1n) is 6.62. The van der Waals surface area contributed by atoms with Gasteiger partial charge in [-0.3, -0.25) is 4.57 Å². The Bertz CT molecular complexity index is 635. The molecule has 0 unspecified atom stereocenters. The highest BCUT2D eigenvalue weighted by Gasteiger charge is 2.46. The molecule has 0 aromatic carbocycles. The fourth-order valence-electron chi connectivity index (χ4n) is 2.65. The van der Waals surface area contributed by atoms with E-state index in [2.05, 4.69) is 15.0 Å². The Morgan fingerprint density at radius 3 is 2.86 bits per heavy atom. The van der Waals surface area contributed by atoms with Crippen molar-refractivity contribution in [3.05, 3.63) is 18.3 Å². The number of fused-ring (bicyclic) bond motifs is 1. The maximum Gasteiger partial charge on any atom is 0.174 e. The molecule has 8 heteroatoms. The SMILES string of the molecule is COC[C@H]1O[C@@H](n2cnc3c(C)ncnc32)[C@H](F)[C@@H]1OC. The first kappa shape index (κ1) is 14.3. The molecule has 1 saturated heterocycles. The third kappa shape index (κ3) is 2.29. The predicted molar refractivity (Wildman–Crippen MR) is 71.5 cm³/mol. The van der Waals surface area contributed by atoms with Gasteiger partial charge in [0.15, 0.2) is 18.0 Å². The molecular formula is C13H17FN4O3. The van der Waals surface area contributed by atoms with E-state index in [0.717, 1.165) is 5.69 Å². The van der Waals surface area contributed by atoms with E-state index in [-0.39, 0.29) is 6.61 Å². The molecule has 2 aromatic heterocycles. The van der Waals surface area contributed by atoms with Crippen LogP contribution in [-0.2, 0) is 14.2 Å². The van der Waals surface area contributed by atoms with Crippen molar-refractivity contribution in [2.24, 2.45) is 0 Å². The van der Waals surface area contributed by atoms with Gasteiger partial charge in [-0.2, -0.15) is 0 Å². The van der Waals surface area contributed by atoms with Crippen molar-refractivity contribution in [2.75, 3.05) is 20.8 Å². The summed E-state index contributed by atoms with van der Waals surface area (Å²) in [6, 6.07) is 0. The summed E-state index contributed by atoms with van der Waals surface area (Å²) in [5, 5.41) is 0. The van der Waals surface area contributed by atoms with Gasteiger partial charge in [-0.25, -0.2) is 19.3 Å². The number of alkyl halides is 1. The molecule has 1 aliphatic rings. The van der Waals surface area contributed by atoms with Gasteiger partial charge in [0.2, 0.25) is 0 Å². The Labute approximate surface area is 121 Å². The van der Waals surface area contributed by atoms with Crippen LogP contribution in [0.2, 0.25) is 0 Å². The van der Waals surface area contributed by atoms with Crippen LogP contribution in [0.4, 0.5) is 4.39 Å². The molecule has 0 N–H and O–H groups in total. The van der Waals surface area contributed by atoms with E-state index in [9.17, 15) is 4.39 Å². The second-order valence-corrected chi connectivity index (χ2v) is 4.95. The summed E-state index contributed by atoms with van der Waals surface area (Å²) >= 11 is 0. The molecule has 0 amide bonds. The van der Waals surface area contributed by atoms with E-state index in [4.69, 9.17) is 14.2 Å². The number of hydrogen-bond acceptors (Lipinski definition) is 6. The van der Waals surface area contributed by atoms with Gasteiger partial charge < -0.3 is 14.2 Å². The summed E-state index contributed by atoms with van der Waals surface area (Å²) in [5.74, 6) is 0. The molecule has 1 fully saturated rings. The van der Waals surface area contributed by atoms with Gasteiger partial charge in [-0.05, 0) is 6.92 Å². The minimum Gasteiger partial charge on any atom is -0.382 e. The van der Waals surface area contributed by atoms with Gasteiger partial charge in [-0.1, -0.05) is 0 Å². The molecule has 0 radical (unpaired) electrons. The minimum absolute atomic E-state index is 0.260. The Morgan fingerprint density at radius 1 is 1.33 bits per heavy atom. The van der Waals surface area contributed by atoms with Crippen molar-refractivity contribution in [3.63, 3.8) is 0 Å². The average molecular weight is 296 g/mol. The fraction of sp³-hybridized carbons (Fsp3) is 0.615. The smallest absolute Gasteiger partial charge is 0.174 e. The zero-order valence-electron chi connectivity index (χ0n) is 12.1. The molecule has 3 rings (SSSR count). The van der Waals surface area contributed by atoms with Gasteiger partial charge in [0.25, 0.3) is 0 Å². The van der Waals surface area contributed by atoms with Gasteiger partial charge in [0.1, 0.15) is 24.1 Å². The number of hydrogen-bond donors (Lipinski definition) is 0. The summed E-state index contributed by atoms with van der Waals surface area (Å²) in [6.07, 6.45) is -0.378. The summed E-state index contributed by atoms with van der Waals surface area (Å²) in [4.78, 5) is 12.5. The topological polar surface area (TPSA) is 71.3 Å². The van der Waals surface area contributed by atoms with Crippen molar-refractivity contribution < 1.29 is 18.6 Å². The summed E-state index contributed by atoms with van der Waals surface area (Å²) in [7, 11) is 3.00. The Kier molecular flexibility index (Phi) is 3.83. The molecule has 0 saturated carbocycles. The monoisotopic (exact) mass is 296 g/mol. The Balaban J connectivity index is 1.97. The summed E-state index contributed by atoms with van der Waals surface area (Å²) in [6.45, 7) is 2.09. The first-order chi connectivity index (χ1) is 10.2. The number of imidazole rings is 1. The Morgan fingerprint density at radius 2 is 2.14 bits per heavy atom. The van der Waals surface area contributed by atoms with Gasteiger partial charge in [0.05, 0.1) is 18.6 Å². The molecule has 4 atom stereocenters. The third-order valence-corrected chi connectivity index (χ3v) is 3.69. The molecule has 0 aliphatic carbocycles. The maximum atomic E-state index is 14.6. The van der Waals surface area contributed by atoms with E-state index in [1.165, 1.54) is 19.8 Å². The number of aryl methyl sites for hydroxylation is 1. The van der Waals surface area contributed by atoms with Gasteiger partial charge in [0, 0.05) is 14.2 Å². The fourth-order valence-corrected chi connectivity index (χ4v) is 2.65. The van der Waals surface area contributed by atoms with Gasteiger partial charge >= 0.3 is 0 Å². The van der Waals surface area contributed by atoms with Crippen molar-refractivity contribution in [2.45, 2.75) is 31.5 Å².